The number of nitrogens with zero attached hydrogens (tertiary/aromatic N) is 2. The molecule has 0 spiro atoms. The van der Waals surface area contributed by atoms with Gasteiger partial charge in [-0.15, -0.1) is 0 Å². The van der Waals surface area contributed by atoms with Gasteiger partial charge in [0.1, 0.15) is 17.3 Å². The highest BCUT2D eigenvalue weighted by Gasteiger charge is 2.20. The second-order valence-electron chi connectivity index (χ2n) is 7.60. The van der Waals surface area contributed by atoms with Gasteiger partial charge in [-0.1, -0.05) is 60.7 Å². The van der Waals surface area contributed by atoms with E-state index in [0.717, 1.165) is 11.1 Å². The molecule has 4 rings (SSSR count). The van der Waals surface area contributed by atoms with Crippen LogP contribution in [0.3, 0.4) is 0 Å². The largest absolute Gasteiger partial charge is 0.481 e. The predicted molar refractivity (Wildman–Crippen MR) is 125 cm³/mol. The molecule has 0 aliphatic carbocycles. The van der Waals surface area contributed by atoms with Crippen LogP contribution in [-0.2, 0) is 11.3 Å². The highest BCUT2D eigenvalue weighted by atomic mass is 19.1. The average molecular weight is 458 g/mol. The van der Waals surface area contributed by atoms with Crippen molar-refractivity contribution >= 4 is 11.8 Å². The van der Waals surface area contributed by atoms with Crippen molar-refractivity contribution in [1.29, 1.82) is 0 Å². The summed E-state index contributed by atoms with van der Waals surface area (Å²) in [5.41, 5.74) is 7.43. The number of ether oxygens (including phenoxy) is 1. The minimum Gasteiger partial charge on any atom is -0.481 e. The molecule has 0 aliphatic rings. The monoisotopic (exact) mass is 458 g/mol. The molecule has 3 aromatic carbocycles. The van der Waals surface area contributed by atoms with Gasteiger partial charge in [0.05, 0.1) is 12.1 Å². The van der Waals surface area contributed by atoms with E-state index in [1.165, 1.54) is 31.2 Å². The fourth-order valence-electron chi connectivity index (χ4n) is 3.31. The van der Waals surface area contributed by atoms with Crippen LogP contribution in [-0.4, -0.2) is 27.7 Å². The molecule has 0 saturated carbocycles. The summed E-state index contributed by atoms with van der Waals surface area (Å²) in [5, 5.41) is 4.61. The van der Waals surface area contributed by atoms with E-state index in [9.17, 15) is 14.0 Å². The first-order valence-electron chi connectivity index (χ1n) is 10.7. The topological polar surface area (TPSA) is 85.3 Å². The van der Waals surface area contributed by atoms with E-state index in [1.807, 2.05) is 60.7 Å². The lowest BCUT2D eigenvalue weighted by molar-refractivity contribution is -0.128. The van der Waals surface area contributed by atoms with Crippen LogP contribution in [0, 0.1) is 5.82 Å². The van der Waals surface area contributed by atoms with Gasteiger partial charge in [-0.05, 0) is 36.8 Å². The van der Waals surface area contributed by atoms with Gasteiger partial charge in [0.15, 0.2) is 6.10 Å². The SMILES string of the molecule is CC(Oc1ccc(F)cc1)C(=O)NNC(=O)c1cn(Cc2ccccc2)nc1-c1ccccc1. The summed E-state index contributed by atoms with van der Waals surface area (Å²) in [5.74, 6) is -1.14. The van der Waals surface area contributed by atoms with Gasteiger partial charge in [0, 0.05) is 11.8 Å². The van der Waals surface area contributed by atoms with Crippen molar-refractivity contribution < 1.29 is 18.7 Å². The Bertz CT molecular complexity index is 1260. The Morgan fingerprint density at radius 1 is 0.941 bits per heavy atom. The molecule has 0 aliphatic heterocycles. The number of amides is 2. The fraction of sp³-hybridized carbons (Fsp3) is 0.115. The Morgan fingerprint density at radius 3 is 2.26 bits per heavy atom. The first-order chi connectivity index (χ1) is 16.5. The van der Waals surface area contributed by atoms with Crippen molar-refractivity contribution in [3.8, 4) is 17.0 Å². The Balaban J connectivity index is 1.46. The third kappa shape index (κ3) is 5.66. The lowest BCUT2D eigenvalue weighted by Crippen LogP contribution is -2.47. The van der Waals surface area contributed by atoms with Crippen LogP contribution in [0.4, 0.5) is 4.39 Å². The third-order valence-corrected chi connectivity index (χ3v) is 5.04. The van der Waals surface area contributed by atoms with Crippen molar-refractivity contribution in [2.24, 2.45) is 0 Å². The molecule has 4 aromatic rings. The molecule has 0 bridgehead atoms. The number of hydrazine groups is 1. The van der Waals surface area contributed by atoms with Crippen molar-refractivity contribution in [1.82, 2.24) is 20.6 Å². The maximum atomic E-state index is 13.0. The van der Waals surface area contributed by atoms with E-state index in [-0.39, 0.29) is 0 Å². The number of carbonyl (C=O) groups is 2. The molecular formula is C26H23FN4O3. The summed E-state index contributed by atoms with van der Waals surface area (Å²) in [4.78, 5) is 25.4. The molecule has 2 N–H and O–H groups in total. The molecule has 0 fully saturated rings. The number of nitrogens with one attached hydrogen (secondary N) is 2. The second-order valence-corrected chi connectivity index (χ2v) is 7.60. The zero-order valence-corrected chi connectivity index (χ0v) is 18.4. The van der Waals surface area contributed by atoms with Gasteiger partial charge in [-0.2, -0.15) is 5.10 Å². The summed E-state index contributed by atoms with van der Waals surface area (Å²) in [6.07, 6.45) is 0.732. The quantitative estimate of drug-likeness (QED) is 0.411. The number of carbonyl (C=O) groups excluding carboxylic acids is 2. The van der Waals surface area contributed by atoms with E-state index < -0.39 is 23.7 Å². The number of halogens is 1. The van der Waals surface area contributed by atoms with Crippen molar-refractivity contribution in [3.63, 3.8) is 0 Å². The van der Waals surface area contributed by atoms with Crippen LogP contribution in [0.15, 0.2) is 91.1 Å². The molecule has 172 valence electrons. The van der Waals surface area contributed by atoms with E-state index >= 15 is 0 Å². The Labute approximate surface area is 196 Å². The van der Waals surface area contributed by atoms with Crippen LogP contribution >= 0.6 is 0 Å². The van der Waals surface area contributed by atoms with Crippen molar-refractivity contribution in [2.45, 2.75) is 19.6 Å². The number of benzene rings is 3. The van der Waals surface area contributed by atoms with Crippen LogP contribution < -0.4 is 15.6 Å². The zero-order chi connectivity index (χ0) is 23.9. The normalized spacial score (nSPS) is 11.5. The second kappa shape index (κ2) is 10.4. The van der Waals surface area contributed by atoms with Gasteiger partial charge >= 0.3 is 0 Å². The maximum Gasteiger partial charge on any atom is 0.279 e. The molecule has 1 unspecified atom stereocenters. The highest BCUT2D eigenvalue weighted by Crippen LogP contribution is 2.22. The minimum atomic E-state index is -0.917. The van der Waals surface area contributed by atoms with Crippen molar-refractivity contribution in [3.05, 3.63) is 108 Å². The zero-order valence-electron chi connectivity index (χ0n) is 18.4. The Morgan fingerprint density at radius 2 is 1.59 bits per heavy atom. The van der Waals surface area contributed by atoms with Gasteiger partial charge in [0.2, 0.25) is 0 Å². The smallest absolute Gasteiger partial charge is 0.279 e. The standard InChI is InChI=1S/C26H23FN4O3/c1-18(34-22-14-12-21(27)13-15-22)25(32)28-29-26(33)23-17-31(16-19-8-4-2-5-9-19)30-24(23)20-10-6-3-7-11-20/h2-15,17-18H,16H2,1H3,(H,28,32)(H,29,33). The molecule has 7 nitrogen and oxygen atoms in total. The summed E-state index contributed by atoms with van der Waals surface area (Å²) in [6, 6.07) is 24.4. The summed E-state index contributed by atoms with van der Waals surface area (Å²) in [6.45, 7) is 2.01. The van der Waals surface area contributed by atoms with E-state index in [4.69, 9.17) is 4.74 Å². The van der Waals surface area contributed by atoms with Crippen LogP contribution in [0.25, 0.3) is 11.3 Å². The van der Waals surface area contributed by atoms with E-state index in [1.54, 1.807) is 10.9 Å². The van der Waals surface area contributed by atoms with Gasteiger partial charge in [0.25, 0.3) is 11.8 Å². The number of hydrogen-bond donors (Lipinski definition) is 2. The third-order valence-electron chi connectivity index (χ3n) is 5.04. The lowest BCUT2D eigenvalue weighted by Gasteiger charge is -2.15. The Kier molecular flexibility index (Phi) is 6.98. The Hall–Kier alpha value is -4.46. The molecule has 0 radical (unpaired) electrons. The molecule has 2 amide bonds. The molecule has 1 aromatic heterocycles. The van der Waals surface area contributed by atoms with Gasteiger partial charge in [-0.3, -0.25) is 25.1 Å². The summed E-state index contributed by atoms with van der Waals surface area (Å²) in [7, 11) is 0. The molecule has 34 heavy (non-hydrogen) atoms. The minimum absolute atomic E-state index is 0.314. The number of aromatic nitrogens is 2. The molecule has 1 atom stereocenters. The van der Waals surface area contributed by atoms with Crippen LogP contribution in [0.5, 0.6) is 5.75 Å². The van der Waals surface area contributed by atoms with Crippen molar-refractivity contribution in [2.75, 3.05) is 0 Å². The highest BCUT2D eigenvalue weighted by molar-refractivity contribution is 6.00. The number of hydrogen-bond acceptors (Lipinski definition) is 4. The average Bonchev–Trinajstić information content (AvgIpc) is 3.28. The fourth-order valence-corrected chi connectivity index (χ4v) is 3.31. The summed E-state index contributed by atoms with van der Waals surface area (Å²) >= 11 is 0. The van der Waals surface area contributed by atoms with Crippen LogP contribution in [0.1, 0.15) is 22.8 Å². The molecule has 0 saturated heterocycles. The molecule has 1 heterocycles. The van der Waals surface area contributed by atoms with Gasteiger partial charge in [-0.25, -0.2) is 4.39 Å². The van der Waals surface area contributed by atoms with Gasteiger partial charge < -0.3 is 4.74 Å². The maximum absolute atomic E-state index is 13.0. The lowest BCUT2D eigenvalue weighted by atomic mass is 10.1. The van der Waals surface area contributed by atoms with E-state index in [0.29, 0.717) is 23.6 Å². The molecular weight excluding hydrogens is 435 g/mol. The first-order valence-corrected chi connectivity index (χ1v) is 10.7. The first kappa shape index (κ1) is 22.7. The summed E-state index contributed by atoms with van der Waals surface area (Å²) < 4.78 is 20.2. The van der Waals surface area contributed by atoms with Crippen LogP contribution in [0.2, 0.25) is 0 Å². The predicted octanol–water partition coefficient (Wildman–Crippen LogP) is 3.97. The molecule has 8 heteroatoms. The van der Waals surface area contributed by atoms with E-state index in [2.05, 4.69) is 16.0 Å². The number of rotatable bonds is 7.